The number of anilines is 1. The van der Waals surface area contributed by atoms with Crippen LogP contribution in [0.3, 0.4) is 0 Å². The first-order chi connectivity index (χ1) is 13.7. The van der Waals surface area contributed by atoms with Gasteiger partial charge in [-0.15, -0.1) is 0 Å². The van der Waals surface area contributed by atoms with Crippen molar-refractivity contribution in [3.63, 3.8) is 0 Å². The number of fused-ring (bicyclic) bond motifs is 2. The Morgan fingerprint density at radius 3 is 2.71 bits per heavy atom. The predicted molar refractivity (Wildman–Crippen MR) is 111 cm³/mol. The van der Waals surface area contributed by atoms with E-state index in [2.05, 4.69) is 15.3 Å². The van der Waals surface area contributed by atoms with Gasteiger partial charge in [0.15, 0.2) is 0 Å². The first kappa shape index (κ1) is 16.9. The molecular weight excluding hydrogens is 370 g/mol. The van der Waals surface area contributed by atoms with Gasteiger partial charge >= 0.3 is 0 Å². The Balaban J connectivity index is 1.55. The number of hydrogen-bond donors (Lipinski definition) is 1. The Morgan fingerprint density at radius 2 is 1.86 bits per heavy atom. The Hall–Kier alpha value is -3.19. The number of hydrogen-bond acceptors (Lipinski definition) is 5. The molecule has 0 saturated carbocycles. The maximum atomic E-state index is 13.0. The molecule has 1 aliphatic rings. The molecule has 0 fully saturated rings. The highest BCUT2D eigenvalue weighted by Crippen LogP contribution is 2.36. The van der Waals surface area contributed by atoms with Crippen molar-refractivity contribution in [1.82, 2.24) is 19.7 Å². The van der Waals surface area contributed by atoms with E-state index in [1.54, 1.807) is 11.8 Å². The van der Waals surface area contributed by atoms with Crippen LogP contribution in [-0.4, -0.2) is 25.7 Å². The third-order valence-corrected chi connectivity index (χ3v) is 5.78. The molecule has 0 aliphatic carbocycles. The van der Waals surface area contributed by atoms with Gasteiger partial charge in [0.25, 0.3) is 5.91 Å². The number of rotatable bonds is 3. The van der Waals surface area contributed by atoms with Crippen molar-refractivity contribution in [2.24, 2.45) is 0 Å². The number of aromatic nitrogens is 4. The van der Waals surface area contributed by atoms with Crippen molar-refractivity contribution >= 4 is 34.5 Å². The summed E-state index contributed by atoms with van der Waals surface area (Å²) < 4.78 is 1.84. The number of nitrogens with one attached hydrogen (secondary N) is 1. The minimum absolute atomic E-state index is 0.285. The van der Waals surface area contributed by atoms with Gasteiger partial charge in [0.2, 0.25) is 0 Å². The normalized spacial score (nSPS) is 12.9. The fraction of sp³-hybridized carbons (Fsp3) is 0.143. The summed E-state index contributed by atoms with van der Waals surface area (Å²) in [5.74, 6) is 2.12. The van der Waals surface area contributed by atoms with Crippen LogP contribution >= 0.6 is 11.8 Å². The molecule has 0 saturated heterocycles. The summed E-state index contributed by atoms with van der Waals surface area (Å²) >= 11 is 1.80. The number of nitrogens with zero attached hydrogens (tertiary/aromatic N) is 4. The van der Waals surface area contributed by atoms with Crippen LogP contribution in [0.25, 0.3) is 16.7 Å². The highest BCUT2D eigenvalue weighted by Gasteiger charge is 2.25. The number of amides is 1. The highest BCUT2D eigenvalue weighted by molar-refractivity contribution is 7.98. The molecule has 0 spiro atoms. The van der Waals surface area contributed by atoms with Gasteiger partial charge in [-0.3, -0.25) is 9.78 Å². The summed E-state index contributed by atoms with van der Waals surface area (Å²) in [5.41, 5.74) is 5.91. The van der Waals surface area contributed by atoms with Crippen LogP contribution in [0.2, 0.25) is 0 Å². The van der Waals surface area contributed by atoms with Crippen molar-refractivity contribution in [1.29, 1.82) is 0 Å². The zero-order chi connectivity index (χ0) is 19.1. The van der Waals surface area contributed by atoms with E-state index in [-0.39, 0.29) is 11.6 Å². The van der Waals surface area contributed by atoms with E-state index in [4.69, 9.17) is 5.10 Å². The number of aryl methyl sites for hydroxylation is 1. The number of para-hydroxylation sites is 3. The second-order valence-corrected chi connectivity index (χ2v) is 7.65. The molecule has 0 atom stereocenters. The third kappa shape index (κ3) is 2.84. The topological polar surface area (TPSA) is 72.7 Å². The SMILES string of the molecule is Cc1ccccc1-n1nc2c(c1NC(=O)c1cnc3ccccc3n1)CSC2. The number of carbonyl (C=O) groups excluding carboxylic acids is 1. The molecule has 1 aliphatic heterocycles. The van der Waals surface area contributed by atoms with E-state index >= 15 is 0 Å². The minimum atomic E-state index is -0.285. The van der Waals surface area contributed by atoms with E-state index in [0.717, 1.165) is 39.5 Å². The molecule has 1 N–H and O–H groups in total. The summed E-state index contributed by atoms with van der Waals surface area (Å²) in [6, 6.07) is 15.5. The molecule has 5 rings (SSSR count). The Labute approximate surface area is 166 Å². The molecule has 6 nitrogen and oxygen atoms in total. The summed E-state index contributed by atoms with van der Waals surface area (Å²) in [6.45, 7) is 2.04. The lowest BCUT2D eigenvalue weighted by atomic mass is 10.2. The van der Waals surface area contributed by atoms with E-state index < -0.39 is 0 Å². The molecule has 2 aromatic heterocycles. The summed E-state index contributed by atoms with van der Waals surface area (Å²) in [4.78, 5) is 21.8. The molecule has 0 radical (unpaired) electrons. The van der Waals surface area contributed by atoms with E-state index in [0.29, 0.717) is 11.3 Å². The number of benzene rings is 2. The molecule has 1 amide bonds. The van der Waals surface area contributed by atoms with Crippen LogP contribution in [-0.2, 0) is 11.5 Å². The van der Waals surface area contributed by atoms with E-state index in [1.807, 2.05) is 60.1 Å². The van der Waals surface area contributed by atoms with E-state index in [9.17, 15) is 4.79 Å². The average molecular weight is 387 g/mol. The molecule has 3 heterocycles. The first-order valence-corrected chi connectivity index (χ1v) is 10.1. The fourth-order valence-corrected chi connectivity index (χ4v) is 4.39. The van der Waals surface area contributed by atoms with Gasteiger partial charge < -0.3 is 5.32 Å². The maximum absolute atomic E-state index is 13.0. The largest absolute Gasteiger partial charge is 0.305 e. The zero-order valence-corrected chi connectivity index (χ0v) is 16.0. The van der Waals surface area contributed by atoms with Crippen molar-refractivity contribution < 1.29 is 4.79 Å². The molecule has 2 aromatic carbocycles. The molecule has 0 unspecified atom stereocenters. The lowest BCUT2D eigenvalue weighted by Crippen LogP contribution is -2.18. The van der Waals surface area contributed by atoms with Gasteiger partial charge in [-0.2, -0.15) is 16.9 Å². The summed E-state index contributed by atoms with van der Waals surface area (Å²) in [6.07, 6.45) is 1.51. The minimum Gasteiger partial charge on any atom is -0.305 e. The average Bonchev–Trinajstić information content (AvgIpc) is 3.30. The second-order valence-electron chi connectivity index (χ2n) is 6.66. The van der Waals surface area contributed by atoms with Gasteiger partial charge in [-0.1, -0.05) is 30.3 Å². The van der Waals surface area contributed by atoms with Crippen LogP contribution < -0.4 is 5.32 Å². The van der Waals surface area contributed by atoms with Gasteiger partial charge in [0, 0.05) is 17.1 Å². The zero-order valence-electron chi connectivity index (χ0n) is 15.2. The molecule has 4 aromatic rings. The predicted octanol–water partition coefficient (Wildman–Crippen LogP) is 4.12. The lowest BCUT2D eigenvalue weighted by Gasteiger charge is -2.12. The smallest absolute Gasteiger partial charge is 0.277 e. The van der Waals surface area contributed by atoms with Gasteiger partial charge in [-0.05, 0) is 30.7 Å². The standard InChI is InChI=1S/C21H17N5OS/c1-13-6-2-5-9-19(13)26-20(14-11-28-12-18(14)25-26)24-21(27)17-10-22-15-7-3-4-8-16(15)23-17/h2-10H,11-12H2,1H3,(H,24,27). The molecule has 28 heavy (non-hydrogen) atoms. The lowest BCUT2D eigenvalue weighted by molar-refractivity contribution is 0.102. The maximum Gasteiger partial charge on any atom is 0.277 e. The van der Waals surface area contributed by atoms with Gasteiger partial charge in [0.05, 0.1) is 28.6 Å². The molecule has 138 valence electrons. The Morgan fingerprint density at radius 1 is 1.07 bits per heavy atom. The Kier molecular flexibility index (Phi) is 4.09. The number of carbonyl (C=O) groups is 1. The highest BCUT2D eigenvalue weighted by atomic mass is 32.2. The van der Waals surface area contributed by atoms with E-state index in [1.165, 1.54) is 6.20 Å². The van der Waals surface area contributed by atoms with Crippen LogP contribution in [0.15, 0.2) is 54.7 Å². The molecule has 0 bridgehead atoms. The van der Waals surface area contributed by atoms with Crippen molar-refractivity contribution in [2.45, 2.75) is 18.4 Å². The first-order valence-electron chi connectivity index (χ1n) is 8.98. The van der Waals surface area contributed by atoms with Crippen LogP contribution in [0.5, 0.6) is 0 Å². The van der Waals surface area contributed by atoms with Crippen molar-refractivity contribution in [2.75, 3.05) is 5.32 Å². The fourth-order valence-electron chi connectivity index (χ4n) is 3.35. The molecular formula is C21H17N5OS. The second kappa shape index (κ2) is 6.76. The number of thioether (sulfide) groups is 1. The van der Waals surface area contributed by atoms with Gasteiger partial charge in [-0.25, -0.2) is 9.67 Å². The van der Waals surface area contributed by atoms with Crippen LogP contribution in [0.4, 0.5) is 5.82 Å². The summed E-state index contributed by atoms with van der Waals surface area (Å²) in [5, 5.41) is 7.81. The van der Waals surface area contributed by atoms with Crippen LogP contribution in [0.1, 0.15) is 27.3 Å². The Bertz CT molecular complexity index is 1220. The monoisotopic (exact) mass is 387 g/mol. The molecule has 7 heteroatoms. The quantitative estimate of drug-likeness (QED) is 0.572. The van der Waals surface area contributed by atoms with Gasteiger partial charge in [0.1, 0.15) is 11.5 Å². The summed E-state index contributed by atoms with van der Waals surface area (Å²) in [7, 11) is 0. The third-order valence-electron chi connectivity index (χ3n) is 4.81. The van der Waals surface area contributed by atoms with Crippen molar-refractivity contribution in [3.05, 3.63) is 77.2 Å². The van der Waals surface area contributed by atoms with Crippen molar-refractivity contribution in [3.8, 4) is 5.69 Å². The van der Waals surface area contributed by atoms with Crippen LogP contribution in [0, 0.1) is 6.92 Å².